The summed E-state index contributed by atoms with van der Waals surface area (Å²) in [5.41, 5.74) is 1.26. The maximum atomic E-state index is 13.5. The van der Waals surface area contributed by atoms with Crippen LogP contribution in [0.2, 0.25) is 0 Å². The van der Waals surface area contributed by atoms with Crippen LogP contribution in [-0.2, 0) is 21.5 Å². The Morgan fingerprint density at radius 3 is 2.52 bits per heavy atom. The Balaban J connectivity index is 2.14. The predicted octanol–water partition coefficient (Wildman–Crippen LogP) is 3.60. The molecule has 1 atom stereocenters. The standard InChI is InChI=1S/C22H22BrNO5/c1-4-9-22(13-25)19-17(23)10-15(20(26)29-3)11-18(19)24(21(22)27)12-14-5-7-16(28-2)8-6-14/h4-8,10-11,25H,1,9,12-13H2,2-3H3. The number of amides is 1. The van der Waals surface area contributed by atoms with E-state index in [2.05, 4.69) is 22.5 Å². The van der Waals surface area contributed by atoms with Crippen LogP contribution in [0.4, 0.5) is 5.69 Å². The molecule has 0 radical (unpaired) electrons. The maximum Gasteiger partial charge on any atom is 0.337 e. The first-order chi connectivity index (χ1) is 13.9. The number of aliphatic hydroxyl groups excluding tert-OH is 1. The number of hydrogen-bond donors (Lipinski definition) is 1. The van der Waals surface area contributed by atoms with E-state index in [1.54, 1.807) is 30.2 Å². The van der Waals surface area contributed by atoms with E-state index in [9.17, 15) is 14.7 Å². The Morgan fingerprint density at radius 1 is 1.28 bits per heavy atom. The highest BCUT2D eigenvalue weighted by molar-refractivity contribution is 9.10. The van der Waals surface area contributed by atoms with E-state index in [4.69, 9.17) is 9.47 Å². The molecule has 0 bridgehead atoms. The number of aliphatic hydroxyl groups is 1. The molecule has 0 spiro atoms. The summed E-state index contributed by atoms with van der Waals surface area (Å²) in [6.45, 7) is 3.66. The Morgan fingerprint density at radius 2 is 1.97 bits per heavy atom. The van der Waals surface area contributed by atoms with Gasteiger partial charge in [0.25, 0.3) is 0 Å². The van der Waals surface area contributed by atoms with Crippen LogP contribution in [-0.4, -0.2) is 37.8 Å². The van der Waals surface area contributed by atoms with Crippen LogP contribution in [0.3, 0.4) is 0 Å². The van der Waals surface area contributed by atoms with Crippen molar-refractivity contribution in [3.05, 3.63) is 70.2 Å². The molecule has 6 nitrogen and oxygen atoms in total. The number of halogens is 1. The summed E-state index contributed by atoms with van der Waals surface area (Å²) in [6, 6.07) is 10.6. The van der Waals surface area contributed by atoms with Crippen molar-refractivity contribution in [3.63, 3.8) is 0 Å². The van der Waals surface area contributed by atoms with Crippen molar-refractivity contribution in [2.45, 2.75) is 18.4 Å². The van der Waals surface area contributed by atoms with E-state index < -0.39 is 11.4 Å². The Kier molecular flexibility index (Phi) is 6.10. The minimum Gasteiger partial charge on any atom is -0.497 e. The second-order valence-electron chi connectivity index (χ2n) is 6.82. The lowest BCUT2D eigenvalue weighted by molar-refractivity contribution is -0.124. The number of esters is 1. The first kappa shape index (κ1) is 21.1. The molecular weight excluding hydrogens is 438 g/mol. The molecule has 2 aromatic carbocycles. The molecule has 1 aliphatic rings. The summed E-state index contributed by atoms with van der Waals surface area (Å²) in [5.74, 6) is -0.0296. The molecule has 1 unspecified atom stereocenters. The number of anilines is 1. The number of carbonyl (C=O) groups excluding carboxylic acids is 2. The molecule has 1 amide bonds. The SMILES string of the molecule is C=CCC1(CO)C(=O)N(Cc2ccc(OC)cc2)c2cc(C(=O)OC)cc(Br)c21. The average molecular weight is 460 g/mol. The van der Waals surface area contributed by atoms with Crippen LogP contribution in [0.15, 0.2) is 53.5 Å². The molecule has 152 valence electrons. The van der Waals surface area contributed by atoms with Gasteiger partial charge in [0.1, 0.15) is 11.2 Å². The van der Waals surface area contributed by atoms with E-state index in [0.717, 1.165) is 5.56 Å². The second kappa shape index (κ2) is 8.39. The van der Waals surface area contributed by atoms with Gasteiger partial charge in [-0.25, -0.2) is 4.79 Å². The largest absolute Gasteiger partial charge is 0.497 e. The highest BCUT2D eigenvalue weighted by Crippen LogP contribution is 2.49. The summed E-state index contributed by atoms with van der Waals surface area (Å²) in [6.07, 6.45) is 1.89. The number of benzene rings is 2. The molecule has 1 heterocycles. The van der Waals surface area contributed by atoms with Crippen LogP contribution in [0.25, 0.3) is 0 Å². The molecule has 0 saturated carbocycles. The van der Waals surface area contributed by atoms with Crippen molar-refractivity contribution in [1.82, 2.24) is 0 Å². The molecule has 0 aromatic heterocycles. The molecule has 1 N–H and O–H groups in total. The summed E-state index contributed by atoms with van der Waals surface area (Å²) < 4.78 is 10.6. The normalized spacial score (nSPS) is 17.8. The second-order valence-corrected chi connectivity index (χ2v) is 7.67. The highest BCUT2D eigenvalue weighted by Gasteiger charge is 2.51. The van der Waals surface area contributed by atoms with Crippen LogP contribution in [0.1, 0.15) is 27.9 Å². The fourth-order valence-electron chi connectivity index (χ4n) is 3.71. The molecular formula is C22H22BrNO5. The molecule has 7 heteroatoms. The highest BCUT2D eigenvalue weighted by atomic mass is 79.9. The van der Waals surface area contributed by atoms with E-state index in [0.29, 0.717) is 27.0 Å². The fourth-order valence-corrected chi connectivity index (χ4v) is 4.54. The van der Waals surface area contributed by atoms with E-state index in [1.807, 2.05) is 24.3 Å². The van der Waals surface area contributed by atoms with Gasteiger partial charge in [-0.2, -0.15) is 0 Å². The number of methoxy groups -OCH3 is 2. The van der Waals surface area contributed by atoms with Crippen molar-refractivity contribution >= 4 is 33.5 Å². The Labute approximate surface area is 177 Å². The van der Waals surface area contributed by atoms with Gasteiger partial charge < -0.3 is 19.5 Å². The maximum absolute atomic E-state index is 13.5. The van der Waals surface area contributed by atoms with Crippen LogP contribution >= 0.6 is 15.9 Å². The zero-order valence-electron chi connectivity index (χ0n) is 16.3. The van der Waals surface area contributed by atoms with Crippen molar-refractivity contribution < 1.29 is 24.2 Å². The van der Waals surface area contributed by atoms with Gasteiger partial charge in [-0.1, -0.05) is 34.1 Å². The van der Waals surface area contributed by atoms with Gasteiger partial charge in [0.2, 0.25) is 5.91 Å². The van der Waals surface area contributed by atoms with Gasteiger partial charge in [-0.05, 0) is 36.2 Å². The van der Waals surface area contributed by atoms with Gasteiger partial charge in [0, 0.05) is 10.0 Å². The minimum atomic E-state index is -1.16. The molecule has 0 aliphatic carbocycles. The zero-order valence-corrected chi connectivity index (χ0v) is 17.9. The minimum absolute atomic E-state index is 0.242. The summed E-state index contributed by atoms with van der Waals surface area (Å²) in [7, 11) is 2.89. The summed E-state index contributed by atoms with van der Waals surface area (Å²) in [5, 5.41) is 10.2. The number of nitrogens with zero attached hydrogens (tertiary/aromatic N) is 1. The third kappa shape index (κ3) is 3.56. The third-order valence-electron chi connectivity index (χ3n) is 5.18. The number of rotatable bonds is 7. The van der Waals surface area contributed by atoms with Crippen LogP contribution in [0.5, 0.6) is 5.75 Å². The number of ether oxygens (including phenoxy) is 2. The van der Waals surface area contributed by atoms with Gasteiger partial charge in [0.15, 0.2) is 0 Å². The number of fused-ring (bicyclic) bond motifs is 1. The van der Waals surface area contributed by atoms with Crippen molar-refractivity contribution in [1.29, 1.82) is 0 Å². The molecule has 29 heavy (non-hydrogen) atoms. The third-order valence-corrected chi connectivity index (χ3v) is 5.80. The molecule has 1 aliphatic heterocycles. The number of carbonyl (C=O) groups is 2. The monoisotopic (exact) mass is 459 g/mol. The lowest BCUT2D eigenvalue weighted by Crippen LogP contribution is -2.42. The van der Waals surface area contributed by atoms with Gasteiger partial charge >= 0.3 is 5.97 Å². The Bertz CT molecular complexity index is 956. The summed E-state index contributed by atoms with van der Waals surface area (Å²) in [4.78, 5) is 27.2. The van der Waals surface area contributed by atoms with E-state index in [-0.39, 0.29) is 25.5 Å². The van der Waals surface area contributed by atoms with Gasteiger partial charge in [-0.15, -0.1) is 6.58 Å². The molecule has 0 saturated heterocycles. The smallest absolute Gasteiger partial charge is 0.337 e. The van der Waals surface area contributed by atoms with E-state index in [1.165, 1.54) is 7.11 Å². The number of allylic oxidation sites excluding steroid dienone is 1. The van der Waals surface area contributed by atoms with Crippen molar-refractivity contribution in [3.8, 4) is 5.75 Å². The first-order valence-electron chi connectivity index (χ1n) is 9.00. The molecule has 0 fully saturated rings. The zero-order chi connectivity index (χ0) is 21.2. The van der Waals surface area contributed by atoms with Crippen molar-refractivity contribution in [2.75, 3.05) is 25.7 Å². The predicted molar refractivity (Wildman–Crippen MR) is 113 cm³/mol. The van der Waals surface area contributed by atoms with E-state index >= 15 is 0 Å². The van der Waals surface area contributed by atoms with Crippen LogP contribution in [0, 0.1) is 0 Å². The average Bonchev–Trinajstić information content (AvgIpc) is 2.97. The first-order valence-corrected chi connectivity index (χ1v) is 9.80. The van der Waals surface area contributed by atoms with Crippen molar-refractivity contribution in [2.24, 2.45) is 0 Å². The van der Waals surface area contributed by atoms with Crippen LogP contribution < -0.4 is 9.64 Å². The quantitative estimate of drug-likeness (QED) is 0.505. The van der Waals surface area contributed by atoms with Gasteiger partial charge in [0.05, 0.1) is 38.6 Å². The topological polar surface area (TPSA) is 76.1 Å². The molecule has 3 rings (SSSR count). The fraction of sp³-hybridized carbons (Fsp3) is 0.273. The Hall–Kier alpha value is -2.64. The lowest BCUT2D eigenvalue weighted by Gasteiger charge is -2.26. The number of hydrogen-bond acceptors (Lipinski definition) is 5. The van der Waals surface area contributed by atoms with Gasteiger partial charge in [-0.3, -0.25) is 4.79 Å². The summed E-state index contributed by atoms with van der Waals surface area (Å²) >= 11 is 3.49. The lowest BCUT2D eigenvalue weighted by atomic mass is 9.79. The molecule has 2 aromatic rings.